The van der Waals surface area contributed by atoms with Crippen LogP contribution in [0.2, 0.25) is 0 Å². The van der Waals surface area contributed by atoms with Crippen molar-refractivity contribution in [2.75, 3.05) is 0 Å². The summed E-state index contributed by atoms with van der Waals surface area (Å²) >= 11 is 1.79. The molecule has 5 heteroatoms. The Morgan fingerprint density at radius 2 is 1.00 bits per heavy atom. The van der Waals surface area contributed by atoms with Crippen molar-refractivity contribution in [2.45, 2.75) is 0 Å². The number of para-hydroxylation sites is 1. The molecule has 0 saturated carbocycles. The Balaban J connectivity index is 1.16. The highest BCUT2D eigenvalue weighted by Gasteiger charge is 2.20. The third-order valence-electron chi connectivity index (χ3n) is 9.36. The summed E-state index contributed by atoms with van der Waals surface area (Å²) in [6.45, 7) is 0. The van der Waals surface area contributed by atoms with Gasteiger partial charge in [0, 0.05) is 53.2 Å². The van der Waals surface area contributed by atoms with Crippen molar-refractivity contribution in [3.63, 3.8) is 0 Å². The molecule has 10 rings (SSSR count). The van der Waals surface area contributed by atoms with Crippen molar-refractivity contribution in [3.8, 4) is 56.4 Å². The minimum absolute atomic E-state index is 0.655. The molecule has 0 bridgehead atoms. The normalized spacial score (nSPS) is 11.6. The molecule has 0 amide bonds. The van der Waals surface area contributed by atoms with Gasteiger partial charge < -0.3 is 4.42 Å². The highest BCUT2D eigenvalue weighted by molar-refractivity contribution is 7.26. The molecule has 0 spiro atoms. The van der Waals surface area contributed by atoms with E-state index in [4.69, 9.17) is 19.4 Å². The molecule has 0 aliphatic carbocycles. The van der Waals surface area contributed by atoms with Crippen molar-refractivity contribution in [1.82, 2.24) is 15.0 Å². The van der Waals surface area contributed by atoms with Crippen LogP contribution in [-0.4, -0.2) is 15.0 Å². The van der Waals surface area contributed by atoms with E-state index in [0.717, 1.165) is 55.1 Å². The molecule has 3 aromatic heterocycles. The summed E-state index contributed by atoms with van der Waals surface area (Å²) in [5.41, 5.74) is 9.23. The minimum Gasteiger partial charge on any atom is -0.455 e. The van der Waals surface area contributed by atoms with E-state index in [1.54, 1.807) is 11.3 Å². The predicted molar refractivity (Wildman–Crippen MR) is 207 cm³/mol. The fourth-order valence-electron chi connectivity index (χ4n) is 7.02. The van der Waals surface area contributed by atoms with E-state index in [1.807, 2.05) is 66.7 Å². The van der Waals surface area contributed by atoms with Crippen LogP contribution < -0.4 is 0 Å². The lowest BCUT2D eigenvalue weighted by molar-refractivity contribution is 0.670. The summed E-state index contributed by atoms with van der Waals surface area (Å²) in [7, 11) is 0. The van der Waals surface area contributed by atoms with E-state index in [9.17, 15) is 0 Å². The molecule has 7 aromatic carbocycles. The maximum atomic E-state index is 6.62. The SMILES string of the molecule is c1ccc(-c2nc(-c3ccccc3)nc(-c3cccc4sc5cc(-c6ccc(-c7ccccc7)c7c6oc6ccccc67)ccc5c34)n2)cc1. The van der Waals surface area contributed by atoms with Crippen molar-refractivity contribution in [1.29, 1.82) is 0 Å². The minimum atomic E-state index is 0.655. The van der Waals surface area contributed by atoms with Gasteiger partial charge in [-0.15, -0.1) is 11.3 Å². The highest BCUT2D eigenvalue weighted by atomic mass is 32.1. The maximum absolute atomic E-state index is 6.62. The molecule has 234 valence electrons. The molecule has 0 atom stereocenters. The van der Waals surface area contributed by atoms with Gasteiger partial charge in [0.05, 0.1) is 0 Å². The first-order valence-electron chi connectivity index (χ1n) is 16.6. The average Bonchev–Trinajstić information content (AvgIpc) is 3.77. The van der Waals surface area contributed by atoms with Crippen LogP contribution in [0.1, 0.15) is 0 Å². The van der Waals surface area contributed by atoms with Crippen LogP contribution in [0.3, 0.4) is 0 Å². The van der Waals surface area contributed by atoms with Crippen molar-refractivity contribution >= 4 is 53.4 Å². The van der Waals surface area contributed by atoms with Crippen molar-refractivity contribution in [3.05, 3.63) is 164 Å². The third kappa shape index (κ3) is 4.71. The number of hydrogen-bond acceptors (Lipinski definition) is 5. The number of hydrogen-bond donors (Lipinski definition) is 0. The smallest absolute Gasteiger partial charge is 0.164 e. The number of rotatable bonds is 5. The lowest BCUT2D eigenvalue weighted by atomic mass is 9.94. The van der Waals surface area contributed by atoms with Crippen LogP contribution in [-0.2, 0) is 0 Å². The van der Waals surface area contributed by atoms with Crippen LogP contribution >= 0.6 is 11.3 Å². The molecule has 50 heavy (non-hydrogen) atoms. The molecule has 10 aromatic rings. The van der Waals surface area contributed by atoms with Gasteiger partial charge in [0.2, 0.25) is 0 Å². The largest absolute Gasteiger partial charge is 0.455 e. The first-order chi connectivity index (χ1) is 24.8. The van der Waals surface area contributed by atoms with Crippen LogP contribution in [0.5, 0.6) is 0 Å². The molecule has 0 fully saturated rings. The molecule has 0 unspecified atom stereocenters. The van der Waals surface area contributed by atoms with Gasteiger partial charge in [-0.3, -0.25) is 0 Å². The van der Waals surface area contributed by atoms with Gasteiger partial charge in [0.15, 0.2) is 17.5 Å². The van der Waals surface area contributed by atoms with Gasteiger partial charge in [0.25, 0.3) is 0 Å². The zero-order valence-corrected chi connectivity index (χ0v) is 27.6. The number of nitrogens with zero attached hydrogens (tertiary/aromatic N) is 3. The molecule has 0 saturated heterocycles. The van der Waals surface area contributed by atoms with E-state index in [-0.39, 0.29) is 0 Å². The van der Waals surface area contributed by atoms with Crippen molar-refractivity contribution in [2.24, 2.45) is 0 Å². The Kier molecular flexibility index (Phi) is 6.64. The fourth-order valence-corrected chi connectivity index (χ4v) is 8.19. The quantitative estimate of drug-likeness (QED) is 0.185. The van der Waals surface area contributed by atoms with Gasteiger partial charge in [-0.05, 0) is 41.0 Å². The highest BCUT2D eigenvalue weighted by Crippen LogP contribution is 2.45. The van der Waals surface area contributed by atoms with Gasteiger partial charge in [-0.25, -0.2) is 15.0 Å². The van der Waals surface area contributed by atoms with Crippen LogP contribution in [0.25, 0.3) is 98.5 Å². The first kappa shape index (κ1) is 28.6. The molecule has 4 nitrogen and oxygen atoms in total. The standard InChI is InChI=1S/C45H27N3OS/c1-4-13-28(14-5-1)32-25-26-33(42-41(32)34-19-10-11-21-37(34)49-42)31-23-24-35-39(27-31)50-38-22-12-20-36(40(35)38)45-47-43(29-15-6-2-7-16-29)46-44(48-45)30-17-8-3-9-18-30/h1-27H. The Bertz CT molecular complexity index is 2800. The Labute approximate surface area is 292 Å². The molecule has 0 radical (unpaired) electrons. The molecule has 0 aliphatic heterocycles. The zero-order chi connectivity index (χ0) is 33.0. The van der Waals surface area contributed by atoms with E-state index >= 15 is 0 Å². The van der Waals surface area contributed by atoms with Crippen LogP contribution in [0, 0.1) is 0 Å². The Morgan fingerprint density at radius 1 is 0.380 bits per heavy atom. The third-order valence-corrected chi connectivity index (χ3v) is 10.5. The lowest BCUT2D eigenvalue weighted by Gasteiger charge is -2.10. The van der Waals surface area contributed by atoms with Crippen LogP contribution in [0.4, 0.5) is 0 Å². The second kappa shape index (κ2) is 11.6. The summed E-state index contributed by atoms with van der Waals surface area (Å²) < 4.78 is 9.01. The van der Waals surface area contributed by atoms with Crippen LogP contribution in [0.15, 0.2) is 168 Å². The molecule has 0 aliphatic rings. The van der Waals surface area contributed by atoms with E-state index in [1.165, 1.54) is 25.9 Å². The number of benzene rings is 7. The average molecular weight is 658 g/mol. The topological polar surface area (TPSA) is 51.8 Å². The van der Waals surface area contributed by atoms with Crippen molar-refractivity contribution < 1.29 is 4.42 Å². The summed E-state index contributed by atoms with van der Waals surface area (Å²) in [4.78, 5) is 15.0. The van der Waals surface area contributed by atoms with E-state index < -0.39 is 0 Å². The van der Waals surface area contributed by atoms with Gasteiger partial charge in [0.1, 0.15) is 11.2 Å². The second-order valence-electron chi connectivity index (χ2n) is 12.4. The second-order valence-corrected chi connectivity index (χ2v) is 13.4. The zero-order valence-electron chi connectivity index (χ0n) is 26.7. The molecular formula is C45H27N3OS. The predicted octanol–water partition coefficient (Wildman–Crippen LogP) is 12.5. The summed E-state index contributed by atoms with van der Waals surface area (Å²) in [6, 6.07) is 56.7. The monoisotopic (exact) mass is 657 g/mol. The van der Waals surface area contributed by atoms with Gasteiger partial charge in [-0.2, -0.15) is 0 Å². The maximum Gasteiger partial charge on any atom is 0.164 e. The number of thiophene rings is 1. The molecule has 0 N–H and O–H groups in total. The lowest BCUT2D eigenvalue weighted by Crippen LogP contribution is -2.00. The fraction of sp³-hybridized carbons (Fsp3) is 0. The summed E-state index contributed by atoms with van der Waals surface area (Å²) in [5, 5.41) is 4.59. The summed E-state index contributed by atoms with van der Waals surface area (Å²) in [6.07, 6.45) is 0. The Hall–Kier alpha value is -6.43. The van der Waals surface area contributed by atoms with E-state index in [2.05, 4.69) is 97.1 Å². The van der Waals surface area contributed by atoms with Gasteiger partial charge >= 0.3 is 0 Å². The first-order valence-corrected chi connectivity index (χ1v) is 17.4. The molecular weight excluding hydrogens is 631 g/mol. The molecule has 3 heterocycles. The number of furan rings is 1. The summed E-state index contributed by atoms with van der Waals surface area (Å²) in [5.74, 6) is 1.97. The van der Waals surface area contributed by atoms with E-state index in [0.29, 0.717) is 17.5 Å². The Morgan fingerprint density at radius 3 is 1.72 bits per heavy atom. The number of fused-ring (bicyclic) bond motifs is 6. The number of aromatic nitrogens is 3. The van der Waals surface area contributed by atoms with Gasteiger partial charge in [-0.1, -0.05) is 140 Å².